The molecule has 68 valence electrons. The van der Waals surface area contributed by atoms with E-state index in [4.69, 9.17) is 4.42 Å². The monoisotopic (exact) mass is 168 g/mol. The first-order valence-electron chi connectivity index (χ1n) is 4.47. The molecule has 0 aliphatic carbocycles. The van der Waals surface area contributed by atoms with Crippen LogP contribution in [0.2, 0.25) is 0 Å². The smallest absolute Gasteiger partial charge is 0.180 e. The van der Waals surface area contributed by atoms with Gasteiger partial charge in [0.1, 0.15) is 5.76 Å². The molecule has 0 spiro atoms. The van der Waals surface area contributed by atoms with Crippen molar-refractivity contribution in [1.82, 2.24) is 10.3 Å². The van der Waals surface area contributed by atoms with Crippen LogP contribution in [-0.4, -0.2) is 11.0 Å². The fourth-order valence-corrected chi connectivity index (χ4v) is 1.15. The van der Waals surface area contributed by atoms with Crippen molar-refractivity contribution in [3.63, 3.8) is 0 Å². The van der Waals surface area contributed by atoms with E-state index < -0.39 is 0 Å². The summed E-state index contributed by atoms with van der Waals surface area (Å²) in [6, 6.07) is 0.593. The number of rotatable bonds is 5. The van der Waals surface area contributed by atoms with E-state index in [9.17, 15) is 0 Å². The van der Waals surface area contributed by atoms with Gasteiger partial charge in [0.2, 0.25) is 0 Å². The van der Waals surface area contributed by atoms with Gasteiger partial charge < -0.3 is 9.73 Å². The van der Waals surface area contributed by atoms with E-state index >= 15 is 0 Å². The first-order chi connectivity index (χ1) is 5.86. The third kappa shape index (κ3) is 2.66. The van der Waals surface area contributed by atoms with Gasteiger partial charge in [0, 0.05) is 6.04 Å². The minimum Gasteiger partial charge on any atom is -0.447 e. The highest BCUT2D eigenvalue weighted by molar-refractivity contribution is 4.87. The highest BCUT2D eigenvalue weighted by atomic mass is 16.3. The van der Waals surface area contributed by atoms with Gasteiger partial charge in [0.05, 0.1) is 12.7 Å². The molecule has 0 amide bonds. The van der Waals surface area contributed by atoms with E-state index in [0.717, 1.165) is 25.1 Å². The summed E-state index contributed by atoms with van der Waals surface area (Å²) in [5.74, 6) is 0.905. The molecule has 3 nitrogen and oxygen atoms in total. The molecule has 0 aliphatic heterocycles. The third-order valence-corrected chi connectivity index (χ3v) is 2.03. The molecule has 0 saturated heterocycles. The standard InChI is InChI=1S/C9H16N2O/c1-3-8(4-2)11-6-9-5-10-7-12-9/h5,7-8,11H,3-4,6H2,1-2H3. The zero-order valence-corrected chi connectivity index (χ0v) is 7.71. The molecular formula is C9H16N2O. The molecule has 0 unspecified atom stereocenters. The Morgan fingerprint density at radius 1 is 1.50 bits per heavy atom. The second kappa shape index (κ2) is 4.93. The van der Waals surface area contributed by atoms with Gasteiger partial charge in [-0.15, -0.1) is 0 Å². The second-order valence-electron chi connectivity index (χ2n) is 2.86. The van der Waals surface area contributed by atoms with Crippen molar-refractivity contribution < 1.29 is 4.42 Å². The van der Waals surface area contributed by atoms with Crippen molar-refractivity contribution in [2.24, 2.45) is 0 Å². The van der Waals surface area contributed by atoms with Crippen LogP contribution in [0.1, 0.15) is 32.4 Å². The maximum Gasteiger partial charge on any atom is 0.180 e. The molecular weight excluding hydrogens is 152 g/mol. The zero-order chi connectivity index (χ0) is 8.81. The Kier molecular flexibility index (Phi) is 3.80. The number of oxazole rings is 1. The number of aromatic nitrogens is 1. The van der Waals surface area contributed by atoms with Crippen LogP contribution in [0.3, 0.4) is 0 Å². The van der Waals surface area contributed by atoms with Gasteiger partial charge in [-0.2, -0.15) is 0 Å². The summed E-state index contributed by atoms with van der Waals surface area (Å²) >= 11 is 0. The van der Waals surface area contributed by atoms with E-state index in [1.807, 2.05) is 0 Å². The van der Waals surface area contributed by atoms with Gasteiger partial charge in [0.25, 0.3) is 0 Å². The van der Waals surface area contributed by atoms with Crippen LogP contribution in [-0.2, 0) is 6.54 Å². The molecule has 0 aliphatic rings. The average molecular weight is 168 g/mol. The minimum atomic E-state index is 0.593. The summed E-state index contributed by atoms with van der Waals surface area (Å²) < 4.78 is 5.10. The lowest BCUT2D eigenvalue weighted by molar-refractivity contribution is 0.428. The molecule has 0 atom stereocenters. The third-order valence-electron chi connectivity index (χ3n) is 2.03. The fraction of sp³-hybridized carbons (Fsp3) is 0.667. The molecule has 1 N–H and O–H groups in total. The van der Waals surface area contributed by atoms with Gasteiger partial charge in [0.15, 0.2) is 6.39 Å². The summed E-state index contributed by atoms with van der Waals surface area (Å²) in [6.45, 7) is 5.15. The lowest BCUT2D eigenvalue weighted by Crippen LogP contribution is -2.26. The van der Waals surface area contributed by atoms with E-state index in [1.165, 1.54) is 6.39 Å². The van der Waals surface area contributed by atoms with Crippen molar-refractivity contribution in [2.45, 2.75) is 39.3 Å². The number of hydrogen-bond acceptors (Lipinski definition) is 3. The molecule has 0 radical (unpaired) electrons. The van der Waals surface area contributed by atoms with Crippen LogP contribution < -0.4 is 5.32 Å². The van der Waals surface area contributed by atoms with Gasteiger partial charge in [-0.25, -0.2) is 4.98 Å². The quantitative estimate of drug-likeness (QED) is 0.730. The topological polar surface area (TPSA) is 38.1 Å². The first kappa shape index (κ1) is 9.26. The van der Waals surface area contributed by atoms with Crippen LogP contribution in [0.4, 0.5) is 0 Å². The van der Waals surface area contributed by atoms with E-state index in [1.54, 1.807) is 6.20 Å². The van der Waals surface area contributed by atoms with Gasteiger partial charge >= 0.3 is 0 Å². The van der Waals surface area contributed by atoms with Crippen molar-refractivity contribution in [2.75, 3.05) is 0 Å². The maximum atomic E-state index is 5.10. The summed E-state index contributed by atoms with van der Waals surface area (Å²) in [5, 5.41) is 3.39. The Balaban J connectivity index is 2.25. The predicted octanol–water partition coefficient (Wildman–Crippen LogP) is 1.95. The maximum absolute atomic E-state index is 5.10. The highest BCUT2D eigenvalue weighted by Gasteiger charge is 2.02. The zero-order valence-electron chi connectivity index (χ0n) is 7.71. The van der Waals surface area contributed by atoms with Crippen LogP contribution in [0, 0.1) is 0 Å². The molecule has 3 heteroatoms. The molecule has 0 fully saturated rings. The predicted molar refractivity (Wildman–Crippen MR) is 47.7 cm³/mol. The number of nitrogens with zero attached hydrogens (tertiary/aromatic N) is 1. The van der Waals surface area contributed by atoms with Crippen molar-refractivity contribution in [3.8, 4) is 0 Å². The molecule has 0 saturated carbocycles. The van der Waals surface area contributed by atoms with Gasteiger partial charge in [-0.1, -0.05) is 13.8 Å². The Bertz CT molecular complexity index is 192. The average Bonchev–Trinajstić information content (AvgIpc) is 2.59. The molecule has 1 aromatic rings. The molecule has 0 aromatic carbocycles. The Morgan fingerprint density at radius 2 is 2.25 bits per heavy atom. The lowest BCUT2D eigenvalue weighted by atomic mass is 10.2. The first-order valence-corrected chi connectivity index (χ1v) is 4.47. The van der Waals surface area contributed by atoms with Crippen molar-refractivity contribution in [3.05, 3.63) is 18.4 Å². The lowest BCUT2D eigenvalue weighted by Gasteiger charge is -2.12. The van der Waals surface area contributed by atoms with Crippen LogP contribution >= 0.6 is 0 Å². The van der Waals surface area contributed by atoms with E-state index in [2.05, 4.69) is 24.1 Å². The summed E-state index contributed by atoms with van der Waals surface area (Å²) in [4.78, 5) is 3.85. The molecule has 12 heavy (non-hydrogen) atoms. The molecule has 1 aromatic heterocycles. The van der Waals surface area contributed by atoms with Crippen LogP contribution in [0.15, 0.2) is 17.0 Å². The normalized spacial score (nSPS) is 10.9. The second-order valence-corrected chi connectivity index (χ2v) is 2.86. The van der Waals surface area contributed by atoms with Crippen molar-refractivity contribution in [1.29, 1.82) is 0 Å². The molecule has 1 rings (SSSR count). The minimum absolute atomic E-state index is 0.593. The Labute approximate surface area is 73.2 Å². The number of hydrogen-bond donors (Lipinski definition) is 1. The van der Waals surface area contributed by atoms with Crippen LogP contribution in [0.5, 0.6) is 0 Å². The summed E-state index contributed by atoms with van der Waals surface area (Å²) in [7, 11) is 0. The fourth-order valence-electron chi connectivity index (χ4n) is 1.15. The van der Waals surface area contributed by atoms with Crippen molar-refractivity contribution >= 4 is 0 Å². The van der Waals surface area contributed by atoms with E-state index in [0.29, 0.717) is 6.04 Å². The van der Waals surface area contributed by atoms with Gasteiger partial charge in [-0.3, -0.25) is 0 Å². The molecule has 1 heterocycles. The SMILES string of the molecule is CCC(CC)NCc1cnco1. The Morgan fingerprint density at radius 3 is 2.75 bits per heavy atom. The Hall–Kier alpha value is -0.830. The highest BCUT2D eigenvalue weighted by Crippen LogP contribution is 2.00. The van der Waals surface area contributed by atoms with E-state index in [-0.39, 0.29) is 0 Å². The molecule has 0 bridgehead atoms. The van der Waals surface area contributed by atoms with Crippen LogP contribution in [0.25, 0.3) is 0 Å². The van der Waals surface area contributed by atoms with Gasteiger partial charge in [-0.05, 0) is 12.8 Å². The summed E-state index contributed by atoms with van der Waals surface area (Å²) in [5.41, 5.74) is 0. The largest absolute Gasteiger partial charge is 0.447 e. The summed E-state index contributed by atoms with van der Waals surface area (Å²) in [6.07, 6.45) is 5.52. The number of nitrogens with one attached hydrogen (secondary N) is 1.